The number of hydrogen-bond acceptors (Lipinski definition) is 3. The minimum atomic E-state index is -4.95. The molecule has 11 heavy (non-hydrogen) atoms. The molecule has 0 amide bonds. The van der Waals surface area contributed by atoms with E-state index in [0.717, 1.165) is 6.08 Å². The smallest absolute Gasteiger partial charge is 0.428 e. The van der Waals surface area contributed by atoms with Crippen LogP contribution in [0.4, 0.5) is 13.2 Å². The van der Waals surface area contributed by atoms with E-state index in [1.807, 2.05) is 0 Å². The molecule has 0 atom stereocenters. The maximum atomic E-state index is 11.3. The van der Waals surface area contributed by atoms with Gasteiger partial charge in [-0.2, -0.15) is 13.2 Å². The van der Waals surface area contributed by atoms with E-state index in [0.29, 0.717) is 6.26 Å². The fourth-order valence-corrected chi connectivity index (χ4v) is 0.232. The summed E-state index contributed by atoms with van der Waals surface area (Å²) >= 11 is 0. The van der Waals surface area contributed by atoms with Gasteiger partial charge in [0, 0.05) is 6.54 Å². The summed E-state index contributed by atoms with van der Waals surface area (Å²) in [5, 5.41) is 0. The van der Waals surface area contributed by atoms with Crippen LogP contribution in [-0.4, -0.2) is 18.7 Å². The molecule has 0 aromatic heterocycles. The second-order valence-corrected chi connectivity index (χ2v) is 1.51. The first-order chi connectivity index (χ1) is 4.98. The third kappa shape index (κ3) is 4.38. The Kier molecular flexibility index (Phi) is 3.59. The van der Waals surface area contributed by atoms with Gasteiger partial charge in [-0.1, -0.05) is 0 Å². The van der Waals surface area contributed by atoms with Gasteiger partial charge < -0.3 is 10.5 Å². The highest BCUT2D eigenvalue weighted by molar-refractivity contribution is 5.76. The van der Waals surface area contributed by atoms with Crippen LogP contribution in [0.25, 0.3) is 0 Å². The summed E-state index contributed by atoms with van der Waals surface area (Å²) in [5.74, 6) is -2.25. The van der Waals surface area contributed by atoms with Gasteiger partial charge in [0.05, 0.1) is 6.26 Å². The summed E-state index contributed by atoms with van der Waals surface area (Å²) in [6, 6.07) is 0. The molecular weight excluding hydrogens is 163 g/mol. The number of esters is 1. The van der Waals surface area contributed by atoms with Crippen LogP contribution in [0.2, 0.25) is 0 Å². The van der Waals surface area contributed by atoms with Crippen LogP contribution in [0.1, 0.15) is 0 Å². The summed E-state index contributed by atoms with van der Waals surface area (Å²) in [7, 11) is 0. The van der Waals surface area contributed by atoms with Crippen molar-refractivity contribution in [1.82, 2.24) is 0 Å². The molecule has 0 radical (unpaired) electrons. The predicted octanol–water partition coefficient (Wildman–Crippen LogP) is 0.564. The molecule has 0 fully saturated rings. The van der Waals surface area contributed by atoms with Crippen molar-refractivity contribution in [2.75, 3.05) is 6.54 Å². The van der Waals surface area contributed by atoms with E-state index in [2.05, 4.69) is 4.74 Å². The van der Waals surface area contributed by atoms with Crippen molar-refractivity contribution in [3.8, 4) is 0 Å². The molecule has 0 saturated carbocycles. The second kappa shape index (κ2) is 3.97. The van der Waals surface area contributed by atoms with Gasteiger partial charge in [-0.25, -0.2) is 4.79 Å². The molecule has 0 spiro atoms. The maximum Gasteiger partial charge on any atom is 0.491 e. The largest absolute Gasteiger partial charge is 0.491 e. The highest BCUT2D eigenvalue weighted by atomic mass is 19.4. The van der Waals surface area contributed by atoms with E-state index in [1.54, 1.807) is 0 Å². The highest BCUT2D eigenvalue weighted by Gasteiger charge is 2.40. The van der Waals surface area contributed by atoms with Gasteiger partial charge in [-0.05, 0) is 6.08 Å². The van der Waals surface area contributed by atoms with Crippen molar-refractivity contribution in [2.24, 2.45) is 5.73 Å². The predicted molar refractivity (Wildman–Crippen MR) is 30.3 cm³/mol. The number of carbonyl (C=O) groups is 1. The van der Waals surface area contributed by atoms with Crippen molar-refractivity contribution >= 4 is 5.97 Å². The van der Waals surface area contributed by atoms with Crippen LogP contribution in [0.15, 0.2) is 12.3 Å². The van der Waals surface area contributed by atoms with E-state index >= 15 is 0 Å². The zero-order valence-corrected chi connectivity index (χ0v) is 5.39. The van der Waals surface area contributed by atoms with Crippen LogP contribution in [-0.2, 0) is 9.53 Å². The van der Waals surface area contributed by atoms with Crippen LogP contribution in [0.3, 0.4) is 0 Å². The van der Waals surface area contributed by atoms with E-state index < -0.39 is 12.1 Å². The lowest BCUT2D eigenvalue weighted by atomic mass is 10.6. The Labute approximate surface area is 60.6 Å². The number of carbonyl (C=O) groups excluding carboxylic acids is 1. The lowest BCUT2D eigenvalue weighted by molar-refractivity contribution is -0.193. The minimum absolute atomic E-state index is 0.0190. The Morgan fingerprint density at radius 2 is 2.09 bits per heavy atom. The Hall–Kier alpha value is -1.04. The van der Waals surface area contributed by atoms with Crippen molar-refractivity contribution in [3.05, 3.63) is 12.3 Å². The quantitative estimate of drug-likeness (QED) is 0.485. The average molecular weight is 169 g/mol. The molecule has 0 aliphatic rings. The van der Waals surface area contributed by atoms with Crippen molar-refractivity contribution < 1.29 is 22.7 Å². The van der Waals surface area contributed by atoms with Crippen LogP contribution in [0, 0.1) is 0 Å². The monoisotopic (exact) mass is 169 g/mol. The van der Waals surface area contributed by atoms with Gasteiger partial charge >= 0.3 is 12.1 Å². The van der Waals surface area contributed by atoms with Crippen LogP contribution >= 0.6 is 0 Å². The Bertz CT molecular complexity index is 164. The average Bonchev–Trinajstić information content (AvgIpc) is 1.86. The Morgan fingerprint density at radius 3 is 2.45 bits per heavy atom. The normalized spacial score (nSPS) is 12.0. The van der Waals surface area contributed by atoms with Gasteiger partial charge in [-0.3, -0.25) is 0 Å². The van der Waals surface area contributed by atoms with Gasteiger partial charge in [0.25, 0.3) is 0 Å². The molecule has 0 heterocycles. The van der Waals surface area contributed by atoms with Gasteiger partial charge in [0.2, 0.25) is 0 Å². The minimum Gasteiger partial charge on any atom is -0.428 e. The number of ether oxygens (including phenoxy) is 1. The zero-order valence-electron chi connectivity index (χ0n) is 5.39. The van der Waals surface area contributed by atoms with Crippen molar-refractivity contribution in [1.29, 1.82) is 0 Å². The fraction of sp³-hybridized carbons (Fsp3) is 0.400. The van der Waals surface area contributed by atoms with E-state index in [-0.39, 0.29) is 6.54 Å². The molecule has 3 nitrogen and oxygen atoms in total. The summed E-state index contributed by atoms with van der Waals surface area (Å²) in [6.45, 7) is 0.0190. The molecule has 64 valence electrons. The lowest BCUT2D eigenvalue weighted by Crippen LogP contribution is -2.23. The van der Waals surface area contributed by atoms with Gasteiger partial charge in [0.1, 0.15) is 0 Å². The number of alkyl halides is 3. The molecule has 6 heteroatoms. The number of nitrogens with two attached hydrogens (primary N) is 1. The number of hydrogen-bond donors (Lipinski definition) is 1. The summed E-state index contributed by atoms with van der Waals surface area (Å²) in [4.78, 5) is 9.90. The molecule has 0 aromatic rings. The fourth-order valence-electron chi connectivity index (χ4n) is 0.232. The third-order valence-electron chi connectivity index (χ3n) is 0.639. The molecule has 0 unspecified atom stereocenters. The first-order valence-electron chi connectivity index (χ1n) is 2.61. The molecular formula is C5H6F3NO2. The summed E-state index contributed by atoms with van der Waals surface area (Å²) in [5.41, 5.74) is 4.86. The number of halogens is 3. The molecule has 0 aliphatic carbocycles. The summed E-state index contributed by atoms with van der Waals surface area (Å²) in [6.07, 6.45) is -3.25. The molecule has 0 saturated heterocycles. The lowest BCUT2D eigenvalue weighted by Gasteiger charge is -2.01. The first-order valence-corrected chi connectivity index (χ1v) is 2.61. The van der Waals surface area contributed by atoms with Gasteiger partial charge in [0.15, 0.2) is 0 Å². The summed E-state index contributed by atoms with van der Waals surface area (Å²) < 4.78 is 37.6. The third-order valence-corrected chi connectivity index (χ3v) is 0.639. The molecule has 0 aliphatic heterocycles. The maximum absolute atomic E-state index is 11.3. The van der Waals surface area contributed by atoms with E-state index in [4.69, 9.17) is 5.73 Å². The van der Waals surface area contributed by atoms with E-state index in [1.165, 1.54) is 0 Å². The Morgan fingerprint density at radius 1 is 1.55 bits per heavy atom. The number of rotatable bonds is 2. The standard InChI is InChI=1S/C5H6F3NO2/c6-5(7,8)4(10)11-3-1-2-9/h1,3H,2,9H2. The molecule has 0 rings (SSSR count). The highest BCUT2D eigenvalue weighted by Crippen LogP contribution is 2.16. The van der Waals surface area contributed by atoms with Crippen LogP contribution < -0.4 is 5.73 Å². The van der Waals surface area contributed by atoms with Gasteiger partial charge in [-0.15, -0.1) is 0 Å². The zero-order chi connectivity index (χ0) is 8.91. The molecule has 2 N–H and O–H groups in total. The SMILES string of the molecule is NCC=COC(=O)C(F)(F)F. The van der Waals surface area contributed by atoms with Crippen LogP contribution in [0.5, 0.6) is 0 Å². The topological polar surface area (TPSA) is 52.3 Å². The first kappa shape index (κ1) is 9.96. The Balaban J connectivity index is 3.80. The van der Waals surface area contributed by atoms with Crippen molar-refractivity contribution in [3.63, 3.8) is 0 Å². The molecule has 0 aromatic carbocycles. The molecule has 0 bridgehead atoms. The van der Waals surface area contributed by atoms with Crippen molar-refractivity contribution in [2.45, 2.75) is 6.18 Å². The van der Waals surface area contributed by atoms with E-state index in [9.17, 15) is 18.0 Å². The second-order valence-electron chi connectivity index (χ2n) is 1.51.